The van der Waals surface area contributed by atoms with E-state index >= 15 is 0 Å². The van der Waals surface area contributed by atoms with Crippen LogP contribution in [0.1, 0.15) is 46.0 Å². The molecule has 20 heavy (non-hydrogen) atoms. The number of carbonyl (C=O) groups is 1. The van der Waals surface area contributed by atoms with Gasteiger partial charge in [-0.1, -0.05) is 20.3 Å². The summed E-state index contributed by atoms with van der Waals surface area (Å²) in [7, 11) is 0. The second-order valence-electron chi connectivity index (χ2n) is 6.17. The Kier molecular flexibility index (Phi) is 6.30. The molecule has 0 aromatic heterocycles. The molecule has 0 aromatic carbocycles. The van der Waals surface area contributed by atoms with Crippen molar-refractivity contribution in [2.24, 2.45) is 23.5 Å². The highest BCUT2D eigenvalue weighted by Crippen LogP contribution is 2.39. The molecule has 1 fully saturated rings. The molecule has 3 unspecified atom stereocenters. The molecule has 6 heteroatoms. The van der Waals surface area contributed by atoms with Crippen molar-refractivity contribution in [3.8, 4) is 0 Å². The van der Waals surface area contributed by atoms with E-state index in [1.807, 2.05) is 13.8 Å². The van der Waals surface area contributed by atoms with Crippen molar-refractivity contribution < 1.29 is 18.0 Å². The molecule has 0 aliphatic heterocycles. The fraction of sp³-hybridized carbons (Fsp3) is 0.929. The van der Waals surface area contributed by atoms with Gasteiger partial charge in [-0.25, -0.2) is 0 Å². The van der Waals surface area contributed by atoms with Gasteiger partial charge in [0.2, 0.25) is 5.91 Å². The molecule has 1 aliphatic rings. The van der Waals surface area contributed by atoms with Crippen LogP contribution in [0.2, 0.25) is 0 Å². The van der Waals surface area contributed by atoms with Crippen molar-refractivity contribution in [1.82, 2.24) is 5.32 Å². The van der Waals surface area contributed by atoms with Gasteiger partial charge in [-0.2, -0.15) is 13.2 Å². The number of rotatable bonds is 5. The molecule has 1 saturated carbocycles. The minimum Gasteiger partial charge on any atom is -0.352 e. The molecule has 0 aromatic rings. The average molecular weight is 294 g/mol. The third-order valence-electron chi connectivity index (χ3n) is 3.89. The summed E-state index contributed by atoms with van der Waals surface area (Å²) in [6.45, 7) is 4.36. The van der Waals surface area contributed by atoms with Gasteiger partial charge in [0.05, 0.1) is 5.92 Å². The molecule has 0 heterocycles. The summed E-state index contributed by atoms with van der Waals surface area (Å²) < 4.78 is 38.2. The third kappa shape index (κ3) is 5.31. The first-order chi connectivity index (χ1) is 9.24. The highest BCUT2D eigenvalue weighted by Gasteiger charge is 2.43. The summed E-state index contributed by atoms with van der Waals surface area (Å²) >= 11 is 0. The topological polar surface area (TPSA) is 55.1 Å². The molecule has 3 atom stereocenters. The molecule has 0 bridgehead atoms. The van der Waals surface area contributed by atoms with Gasteiger partial charge in [0, 0.05) is 18.5 Å². The Labute approximate surface area is 118 Å². The van der Waals surface area contributed by atoms with Crippen molar-refractivity contribution in [2.75, 3.05) is 6.54 Å². The maximum absolute atomic E-state index is 12.7. The number of nitrogens with two attached hydrogens (primary N) is 1. The highest BCUT2D eigenvalue weighted by atomic mass is 19.4. The van der Waals surface area contributed by atoms with Gasteiger partial charge in [-0.3, -0.25) is 4.79 Å². The quantitative estimate of drug-likeness (QED) is 0.819. The van der Waals surface area contributed by atoms with E-state index in [4.69, 9.17) is 5.73 Å². The van der Waals surface area contributed by atoms with Gasteiger partial charge in [-0.05, 0) is 31.6 Å². The Hall–Kier alpha value is -0.780. The first kappa shape index (κ1) is 17.3. The second kappa shape index (κ2) is 7.29. The smallest absolute Gasteiger partial charge is 0.352 e. The lowest BCUT2D eigenvalue weighted by atomic mass is 9.80. The zero-order valence-corrected chi connectivity index (χ0v) is 12.2. The first-order valence-corrected chi connectivity index (χ1v) is 7.31. The lowest BCUT2D eigenvalue weighted by Crippen LogP contribution is -2.45. The molecule has 3 N–H and O–H groups in total. The van der Waals surface area contributed by atoms with Crippen LogP contribution in [0, 0.1) is 17.8 Å². The molecule has 1 amide bonds. The van der Waals surface area contributed by atoms with E-state index in [1.54, 1.807) is 0 Å². The van der Waals surface area contributed by atoms with Crippen molar-refractivity contribution in [3.05, 3.63) is 0 Å². The van der Waals surface area contributed by atoms with E-state index in [2.05, 4.69) is 5.32 Å². The van der Waals surface area contributed by atoms with Crippen molar-refractivity contribution in [1.29, 1.82) is 0 Å². The monoisotopic (exact) mass is 294 g/mol. The molecule has 1 aliphatic carbocycles. The van der Waals surface area contributed by atoms with Crippen LogP contribution in [-0.4, -0.2) is 24.7 Å². The van der Waals surface area contributed by atoms with Crippen LogP contribution in [0.25, 0.3) is 0 Å². The van der Waals surface area contributed by atoms with Crippen LogP contribution in [0.5, 0.6) is 0 Å². The summed E-state index contributed by atoms with van der Waals surface area (Å²) in [4.78, 5) is 12.1. The maximum Gasteiger partial charge on any atom is 0.391 e. The third-order valence-corrected chi connectivity index (χ3v) is 3.89. The van der Waals surface area contributed by atoms with Gasteiger partial charge in [0.15, 0.2) is 0 Å². The van der Waals surface area contributed by atoms with Gasteiger partial charge in [0.1, 0.15) is 0 Å². The van der Waals surface area contributed by atoms with Crippen LogP contribution in [0.3, 0.4) is 0 Å². The molecule has 1 rings (SSSR count). The molecule has 0 spiro atoms. The van der Waals surface area contributed by atoms with E-state index in [-0.39, 0.29) is 24.8 Å². The Balaban J connectivity index is 2.54. The molecular weight excluding hydrogens is 269 g/mol. The van der Waals surface area contributed by atoms with Crippen molar-refractivity contribution in [3.63, 3.8) is 0 Å². The van der Waals surface area contributed by atoms with Gasteiger partial charge in [-0.15, -0.1) is 0 Å². The number of hydrogen-bond donors (Lipinski definition) is 2. The minimum atomic E-state index is -4.19. The highest BCUT2D eigenvalue weighted by molar-refractivity contribution is 5.79. The normalized spacial score (nSPS) is 25.6. The summed E-state index contributed by atoms with van der Waals surface area (Å²) in [6.07, 6.45) is -2.40. The van der Waals surface area contributed by atoms with Gasteiger partial charge >= 0.3 is 6.18 Å². The van der Waals surface area contributed by atoms with Crippen LogP contribution < -0.4 is 11.1 Å². The maximum atomic E-state index is 12.7. The van der Waals surface area contributed by atoms with E-state index in [1.165, 1.54) is 0 Å². The van der Waals surface area contributed by atoms with Crippen LogP contribution in [0.4, 0.5) is 13.2 Å². The molecule has 0 saturated heterocycles. The molecule has 3 nitrogen and oxygen atoms in total. The van der Waals surface area contributed by atoms with Crippen LogP contribution in [-0.2, 0) is 4.79 Å². The fourth-order valence-corrected chi connectivity index (χ4v) is 2.83. The Bertz CT molecular complexity index is 318. The van der Waals surface area contributed by atoms with E-state index in [0.29, 0.717) is 25.3 Å². The molecule has 0 radical (unpaired) electrons. The Morgan fingerprint density at radius 1 is 1.35 bits per heavy atom. The lowest BCUT2D eigenvalue weighted by Gasteiger charge is -2.31. The summed E-state index contributed by atoms with van der Waals surface area (Å²) in [5.41, 5.74) is 5.60. The lowest BCUT2D eigenvalue weighted by molar-refractivity contribution is -0.186. The predicted octanol–water partition coefficient (Wildman–Crippen LogP) is 2.84. The van der Waals surface area contributed by atoms with Crippen LogP contribution >= 0.6 is 0 Å². The largest absolute Gasteiger partial charge is 0.391 e. The fourth-order valence-electron chi connectivity index (χ4n) is 2.83. The second-order valence-corrected chi connectivity index (χ2v) is 6.17. The zero-order chi connectivity index (χ0) is 15.3. The van der Waals surface area contributed by atoms with Crippen LogP contribution in [0.15, 0.2) is 0 Å². The standard InChI is InChI=1S/C14H25F3N2O/c1-9(2)6-12(8-18)19-13(20)10-4-3-5-11(7-10)14(15,16)17/h9-12H,3-8,18H2,1-2H3,(H,19,20). The molecule has 118 valence electrons. The minimum absolute atomic E-state index is 0.0890. The zero-order valence-electron chi connectivity index (χ0n) is 12.2. The number of hydrogen-bond acceptors (Lipinski definition) is 2. The van der Waals surface area contributed by atoms with Gasteiger partial charge < -0.3 is 11.1 Å². The van der Waals surface area contributed by atoms with E-state index < -0.39 is 18.0 Å². The summed E-state index contributed by atoms with van der Waals surface area (Å²) in [5.74, 6) is -1.75. The first-order valence-electron chi connectivity index (χ1n) is 7.31. The number of carbonyl (C=O) groups excluding carboxylic acids is 1. The van der Waals surface area contributed by atoms with Gasteiger partial charge in [0.25, 0.3) is 0 Å². The number of alkyl halides is 3. The van der Waals surface area contributed by atoms with Crippen molar-refractivity contribution in [2.45, 2.75) is 58.2 Å². The van der Waals surface area contributed by atoms with Crippen molar-refractivity contribution >= 4 is 5.91 Å². The van der Waals surface area contributed by atoms with E-state index in [0.717, 1.165) is 6.42 Å². The Morgan fingerprint density at radius 2 is 2.00 bits per heavy atom. The predicted molar refractivity (Wildman–Crippen MR) is 71.9 cm³/mol. The Morgan fingerprint density at radius 3 is 2.50 bits per heavy atom. The number of amides is 1. The summed E-state index contributed by atoms with van der Waals surface area (Å²) in [5, 5.41) is 2.81. The number of nitrogens with one attached hydrogen (secondary N) is 1. The molecular formula is C14H25F3N2O. The number of halogens is 3. The SMILES string of the molecule is CC(C)CC(CN)NC(=O)C1CCCC(C(F)(F)F)C1. The average Bonchev–Trinajstić information content (AvgIpc) is 2.36. The summed E-state index contributed by atoms with van der Waals surface area (Å²) in [6, 6.07) is -0.145. The van der Waals surface area contributed by atoms with E-state index in [9.17, 15) is 18.0 Å².